The average molecular weight is 514 g/mol. The van der Waals surface area contributed by atoms with Crippen LogP contribution in [0.4, 0.5) is 5.69 Å². The Morgan fingerprint density at radius 2 is 2.00 bits per heavy atom. The van der Waals surface area contributed by atoms with Crippen LogP contribution in [0.25, 0.3) is 0 Å². The number of carbonyl (C=O) groups excluding carboxylic acids is 1. The lowest BCUT2D eigenvalue weighted by Crippen LogP contribution is -2.40. The molecule has 3 rings (SSSR count). The second-order valence-electron chi connectivity index (χ2n) is 7.75. The third-order valence-electron chi connectivity index (χ3n) is 5.64. The maximum Gasteiger partial charge on any atom is 0.227 e. The van der Waals surface area contributed by atoms with E-state index in [1.165, 1.54) is 19.3 Å². The highest BCUT2D eigenvalue weighted by molar-refractivity contribution is 14.0. The van der Waals surface area contributed by atoms with Gasteiger partial charge < -0.3 is 19.9 Å². The maximum absolute atomic E-state index is 11.9. The molecule has 0 atom stereocenters. The average Bonchev–Trinajstić information content (AvgIpc) is 3.16. The summed E-state index contributed by atoms with van der Waals surface area (Å²) in [7, 11) is 2.11. The van der Waals surface area contributed by atoms with Crippen molar-refractivity contribution in [1.29, 1.82) is 0 Å². The number of amides is 1. The van der Waals surface area contributed by atoms with E-state index in [0.29, 0.717) is 13.0 Å². The summed E-state index contributed by atoms with van der Waals surface area (Å²) in [6.07, 6.45) is 5.15. The zero-order valence-electron chi connectivity index (χ0n) is 17.7. The maximum atomic E-state index is 11.9. The van der Waals surface area contributed by atoms with Gasteiger partial charge in [-0.1, -0.05) is 12.1 Å². The molecule has 0 aromatic heterocycles. The van der Waals surface area contributed by atoms with E-state index in [4.69, 9.17) is 9.73 Å². The Balaban J connectivity index is 0.00000300. The molecule has 2 aliphatic heterocycles. The molecule has 0 bridgehead atoms. The Labute approximate surface area is 192 Å². The van der Waals surface area contributed by atoms with Gasteiger partial charge in [0.25, 0.3) is 0 Å². The predicted molar refractivity (Wildman–Crippen MR) is 129 cm³/mol. The van der Waals surface area contributed by atoms with Crippen molar-refractivity contribution in [2.45, 2.75) is 45.6 Å². The Hall–Kier alpha value is -1.35. The molecular weight excluding hydrogens is 479 g/mol. The molecule has 1 aromatic carbocycles. The number of hydrogen-bond acceptors (Lipinski definition) is 3. The van der Waals surface area contributed by atoms with Crippen molar-refractivity contribution in [3.63, 3.8) is 0 Å². The van der Waals surface area contributed by atoms with Crippen LogP contribution in [-0.4, -0.2) is 56.7 Å². The lowest BCUT2D eigenvalue weighted by molar-refractivity contribution is -0.117. The van der Waals surface area contributed by atoms with Crippen molar-refractivity contribution in [2.24, 2.45) is 10.9 Å². The minimum atomic E-state index is 0. The van der Waals surface area contributed by atoms with Crippen molar-refractivity contribution < 1.29 is 9.53 Å². The molecule has 2 saturated heterocycles. The van der Waals surface area contributed by atoms with E-state index in [2.05, 4.69) is 36.3 Å². The normalized spacial score (nSPS) is 17.9. The monoisotopic (exact) mass is 514 g/mol. The highest BCUT2D eigenvalue weighted by atomic mass is 127. The van der Waals surface area contributed by atoms with E-state index in [1.54, 1.807) is 0 Å². The third kappa shape index (κ3) is 7.13. The van der Waals surface area contributed by atoms with Crippen LogP contribution in [0, 0.1) is 5.92 Å². The fraction of sp³-hybridized carbons (Fsp3) is 0.636. The van der Waals surface area contributed by atoms with Crippen LogP contribution in [0.2, 0.25) is 0 Å². The highest BCUT2D eigenvalue weighted by Crippen LogP contribution is 2.22. The number of anilines is 1. The van der Waals surface area contributed by atoms with Gasteiger partial charge in [-0.05, 0) is 56.2 Å². The summed E-state index contributed by atoms with van der Waals surface area (Å²) in [4.78, 5) is 20.8. The van der Waals surface area contributed by atoms with Crippen LogP contribution in [0.3, 0.4) is 0 Å². The minimum Gasteiger partial charge on any atom is -0.381 e. The number of guanidine groups is 1. The van der Waals surface area contributed by atoms with Crippen molar-refractivity contribution >= 4 is 41.5 Å². The van der Waals surface area contributed by atoms with Crippen LogP contribution in [0.5, 0.6) is 0 Å². The smallest absolute Gasteiger partial charge is 0.227 e. The van der Waals surface area contributed by atoms with Gasteiger partial charge in [0.15, 0.2) is 5.96 Å². The topological polar surface area (TPSA) is 57.2 Å². The largest absolute Gasteiger partial charge is 0.381 e. The standard InChI is InChI=1S/C22H34N4O2.HI/c1-3-23-22(25(2)14-10-18-11-15-28-16-12-18)24-17-19-6-8-20(9-7-19)26-13-4-5-21(26)27;/h6-9,18H,3-5,10-17H2,1-2H3,(H,23,24);1H. The summed E-state index contributed by atoms with van der Waals surface area (Å²) in [5.41, 5.74) is 2.15. The van der Waals surface area contributed by atoms with Gasteiger partial charge in [-0.15, -0.1) is 24.0 Å². The van der Waals surface area contributed by atoms with E-state index in [9.17, 15) is 4.79 Å². The Morgan fingerprint density at radius 3 is 2.62 bits per heavy atom. The molecule has 2 aliphatic rings. The van der Waals surface area contributed by atoms with Gasteiger partial charge in [0.2, 0.25) is 5.91 Å². The van der Waals surface area contributed by atoms with Crippen LogP contribution < -0.4 is 10.2 Å². The van der Waals surface area contributed by atoms with Crippen molar-refractivity contribution in [1.82, 2.24) is 10.2 Å². The molecule has 1 amide bonds. The van der Waals surface area contributed by atoms with Gasteiger partial charge in [-0.3, -0.25) is 4.79 Å². The number of hydrogen-bond donors (Lipinski definition) is 1. The molecule has 0 unspecified atom stereocenters. The summed E-state index contributed by atoms with van der Waals surface area (Å²) in [5, 5.41) is 3.40. The third-order valence-corrected chi connectivity index (χ3v) is 5.64. The number of carbonyl (C=O) groups is 1. The van der Waals surface area contributed by atoms with Crippen LogP contribution in [0.15, 0.2) is 29.3 Å². The van der Waals surface area contributed by atoms with Gasteiger partial charge in [-0.25, -0.2) is 4.99 Å². The first kappa shape index (κ1) is 23.9. The van der Waals surface area contributed by atoms with Gasteiger partial charge >= 0.3 is 0 Å². The molecule has 29 heavy (non-hydrogen) atoms. The molecule has 1 N–H and O–H groups in total. The molecule has 162 valence electrons. The Bertz CT molecular complexity index is 659. The van der Waals surface area contributed by atoms with E-state index < -0.39 is 0 Å². The second kappa shape index (κ2) is 12.4. The van der Waals surface area contributed by atoms with Crippen LogP contribution in [-0.2, 0) is 16.1 Å². The van der Waals surface area contributed by atoms with Crippen LogP contribution >= 0.6 is 24.0 Å². The van der Waals surface area contributed by atoms with E-state index in [0.717, 1.165) is 62.4 Å². The van der Waals surface area contributed by atoms with Gasteiger partial charge in [0, 0.05) is 52.0 Å². The van der Waals surface area contributed by atoms with Crippen molar-refractivity contribution in [3.8, 4) is 0 Å². The van der Waals surface area contributed by atoms with Gasteiger partial charge in [0.1, 0.15) is 0 Å². The highest BCUT2D eigenvalue weighted by Gasteiger charge is 2.21. The summed E-state index contributed by atoms with van der Waals surface area (Å²) in [6.45, 7) is 7.24. The fourth-order valence-corrected chi connectivity index (χ4v) is 3.86. The first-order valence-electron chi connectivity index (χ1n) is 10.6. The molecule has 2 fully saturated rings. The number of nitrogens with one attached hydrogen (secondary N) is 1. The van der Waals surface area contributed by atoms with Crippen molar-refractivity contribution in [2.75, 3.05) is 44.8 Å². The quantitative estimate of drug-likeness (QED) is 0.343. The summed E-state index contributed by atoms with van der Waals surface area (Å²) >= 11 is 0. The predicted octanol–water partition coefficient (Wildman–Crippen LogP) is 3.65. The number of benzene rings is 1. The molecular formula is C22H35IN4O2. The number of rotatable bonds is 7. The summed E-state index contributed by atoms with van der Waals surface area (Å²) < 4.78 is 5.46. The SMILES string of the molecule is CCNC(=NCc1ccc(N2CCCC2=O)cc1)N(C)CCC1CCOCC1.I. The first-order chi connectivity index (χ1) is 13.7. The lowest BCUT2D eigenvalue weighted by Gasteiger charge is -2.26. The summed E-state index contributed by atoms with van der Waals surface area (Å²) in [6, 6.07) is 8.23. The lowest BCUT2D eigenvalue weighted by atomic mass is 9.96. The second-order valence-corrected chi connectivity index (χ2v) is 7.75. The zero-order chi connectivity index (χ0) is 19.8. The molecule has 7 heteroatoms. The van der Waals surface area contributed by atoms with E-state index in [-0.39, 0.29) is 29.9 Å². The number of nitrogens with zero attached hydrogens (tertiary/aromatic N) is 3. The fourth-order valence-electron chi connectivity index (χ4n) is 3.86. The molecule has 0 spiro atoms. The van der Waals surface area contributed by atoms with Gasteiger partial charge in [-0.2, -0.15) is 0 Å². The molecule has 1 aromatic rings. The Kier molecular flexibility index (Phi) is 10.2. The number of halogens is 1. The molecule has 0 aliphatic carbocycles. The van der Waals surface area contributed by atoms with Crippen LogP contribution in [0.1, 0.15) is 44.6 Å². The zero-order valence-corrected chi connectivity index (χ0v) is 20.1. The molecule has 2 heterocycles. The van der Waals surface area contributed by atoms with Crippen molar-refractivity contribution in [3.05, 3.63) is 29.8 Å². The Morgan fingerprint density at radius 1 is 1.28 bits per heavy atom. The molecule has 6 nitrogen and oxygen atoms in total. The van der Waals surface area contributed by atoms with E-state index in [1.807, 2.05) is 17.0 Å². The molecule has 0 saturated carbocycles. The minimum absolute atomic E-state index is 0. The number of aliphatic imine (C=N–C) groups is 1. The van der Waals surface area contributed by atoms with E-state index >= 15 is 0 Å². The number of ether oxygens (including phenoxy) is 1. The first-order valence-corrected chi connectivity index (χ1v) is 10.6. The van der Waals surface area contributed by atoms with Gasteiger partial charge in [0.05, 0.1) is 6.54 Å². The molecule has 0 radical (unpaired) electrons. The summed E-state index contributed by atoms with van der Waals surface area (Å²) in [5.74, 6) is 1.94.